The van der Waals surface area contributed by atoms with Gasteiger partial charge in [0.25, 0.3) is 0 Å². The summed E-state index contributed by atoms with van der Waals surface area (Å²) in [7, 11) is -3.78. The van der Waals surface area contributed by atoms with Crippen molar-refractivity contribution in [3.63, 3.8) is 0 Å². The molecule has 0 amide bonds. The van der Waals surface area contributed by atoms with Crippen molar-refractivity contribution in [2.45, 2.75) is 18.7 Å². The second-order valence-corrected chi connectivity index (χ2v) is 7.39. The van der Waals surface area contributed by atoms with E-state index in [1.54, 1.807) is 12.1 Å². The zero-order valence-electron chi connectivity index (χ0n) is 10.7. The average Bonchev–Trinajstić information content (AvgIpc) is 2.27. The highest BCUT2D eigenvalue weighted by atomic mass is 79.9. The van der Waals surface area contributed by atoms with Crippen LogP contribution in [0.2, 0.25) is 0 Å². The van der Waals surface area contributed by atoms with E-state index in [0.717, 1.165) is 8.78 Å². The van der Waals surface area contributed by atoms with E-state index in [0.29, 0.717) is 0 Å². The molecule has 19 heavy (non-hydrogen) atoms. The Morgan fingerprint density at radius 3 is 2.26 bits per heavy atom. The number of carboxylic acids is 1. The first-order chi connectivity index (χ1) is 8.73. The summed E-state index contributed by atoms with van der Waals surface area (Å²) in [4.78, 5) is 10.9. The van der Waals surface area contributed by atoms with Crippen molar-refractivity contribution in [2.75, 3.05) is 13.1 Å². The van der Waals surface area contributed by atoms with Crippen LogP contribution in [0.4, 0.5) is 0 Å². The number of rotatable bonds is 6. The molecule has 7 heteroatoms. The zero-order valence-corrected chi connectivity index (χ0v) is 13.1. The van der Waals surface area contributed by atoms with Crippen LogP contribution in [0.1, 0.15) is 13.8 Å². The summed E-state index contributed by atoms with van der Waals surface area (Å²) in [6, 6.07) is 6.13. The normalized spacial score (nSPS) is 12.1. The van der Waals surface area contributed by atoms with Gasteiger partial charge in [-0.3, -0.25) is 4.79 Å². The quantitative estimate of drug-likeness (QED) is 0.853. The fraction of sp³-hybridized carbons (Fsp3) is 0.417. The number of carboxylic acid groups (broad SMARTS) is 1. The van der Waals surface area contributed by atoms with E-state index in [1.165, 1.54) is 12.1 Å². The Hall–Kier alpha value is -0.920. The number of hydrogen-bond acceptors (Lipinski definition) is 3. The largest absolute Gasteiger partial charge is 0.480 e. The van der Waals surface area contributed by atoms with Crippen LogP contribution >= 0.6 is 15.9 Å². The molecule has 0 spiro atoms. The number of nitrogens with zero attached hydrogens (tertiary/aromatic N) is 1. The van der Waals surface area contributed by atoms with Crippen molar-refractivity contribution in [1.29, 1.82) is 0 Å². The minimum atomic E-state index is -3.78. The first-order valence-electron chi connectivity index (χ1n) is 5.71. The summed E-state index contributed by atoms with van der Waals surface area (Å²) in [5, 5.41) is 8.84. The smallest absolute Gasteiger partial charge is 0.318 e. The molecule has 0 saturated heterocycles. The minimum Gasteiger partial charge on any atom is -0.480 e. The molecule has 0 heterocycles. The van der Waals surface area contributed by atoms with Gasteiger partial charge >= 0.3 is 5.97 Å². The molecule has 0 radical (unpaired) electrons. The average molecular weight is 350 g/mol. The third-order valence-electron chi connectivity index (χ3n) is 2.33. The van der Waals surface area contributed by atoms with E-state index in [2.05, 4.69) is 15.9 Å². The summed E-state index contributed by atoms with van der Waals surface area (Å²) < 4.78 is 26.5. The lowest BCUT2D eigenvalue weighted by Crippen LogP contribution is -2.38. The van der Waals surface area contributed by atoms with E-state index >= 15 is 0 Å². The minimum absolute atomic E-state index is 0.0459. The Balaban J connectivity index is 3.11. The van der Waals surface area contributed by atoms with E-state index < -0.39 is 22.5 Å². The van der Waals surface area contributed by atoms with Crippen molar-refractivity contribution in [2.24, 2.45) is 5.92 Å². The number of carbonyl (C=O) groups is 1. The molecule has 1 rings (SSSR count). The Morgan fingerprint density at radius 1 is 1.32 bits per heavy atom. The molecule has 5 nitrogen and oxygen atoms in total. The van der Waals surface area contributed by atoms with Crippen molar-refractivity contribution in [3.05, 3.63) is 28.7 Å². The molecule has 1 N–H and O–H groups in total. The van der Waals surface area contributed by atoms with Gasteiger partial charge in [-0.25, -0.2) is 8.42 Å². The standard InChI is InChI=1S/C12H16BrNO4S/c1-9(2)7-14(8-12(15)16)19(17,18)11-5-3-10(13)4-6-11/h3-6,9H,7-8H2,1-2H3,(H,15,16). The molecule has 106 valence electrons. The summed E-state index contributed by atoms with van der Waals surface area (Å²) >= 11 is 3.23. The Labute approximate surface area is 121 Å². The SMILES string of the molecule is CC(C)CN(CC(=O)O)S(=O)(=O)c1ccc(Br)cc1. The predicted octanol–water partition coefficient (Wildman–Crippen LogP) is 2.18. The molecule has 1 aromatic carbocycles. The first-order valence-corrected chi connectivity index (χ1v) is 7.94. The van der Waals surface area contributed by atoms with Gasteiger partial charge in [0.15, 0.2) is 0 Å². The second-order valence-electron chi connectivity index (χ2n) is 4.54. The van der Waals surface area contributed by atoms with E-state index in [1.807, 2.05) is 13.8 Å². The molecule has 0 saturated carbocycles. The van der Waals surface area contributed by atoms with Crippen molar-refractivity contribution >= 4 is 31.9 Å². The molecule has 0 atom stereocenters. The molecule has 0 unspecified atom stereocenters. The molecule has 0 aliphatic carbocycles. The lowest BCUT2D eigenvalue weighted by molar-refractivity contribution is -0.137. The van der Waals surface area contributed by atoms with Gasteiger partial charge in [-0.15, -0.1) is 0 Å². The number of aliphatic carboxylic acids is 1. The highest BCUT2D eigenvalue weighted by molar-refractivity contribution is 9.10. The lowest BCUT2D eigenvalue weighted by atomic mass is 10.2. The molecule has 0 fully saturated rings. The second kappa shape index (κ2) is 6.49. The van der Waals surface area contributed by atoms with Crippen LogP contribution in [0.3, 0.4) is 0 Å². The van der Waals surface area contributed by atoms with Gasteiger partial charge in [0.05, 0.1) is 4.90 Å². The predicted molar refractivity (Wildman–Crippen MR) is 75.4 cm³/mol. The molecule has 0 aromatic heterocycles. The van der Waals surface area contributed by atoms with Gasteiger partial charge < -0.3 is 5.11 Å². The van der Waals surface area contributed by atoms with Gasteiger partial charge in [0.1, 0.15) is 6.54 Å². The summed E-state index contributed by atoms with van der Waals surface area (Å²) in [6.45, 7) is 3.32. The van der Waals surface area contributed by atoms with Crippen LogP contribution in [-0.2, 0) is 14.8 Å². The van der Waals surface area contributed by atoms with Crippen LogP contribution in [0, 0.1) is 5.92 Å². The Kier molecular flexibility index (Phi) is 5.51. The van der Waals surface area contributed by atoms with Crippen LogP contribution in [-0.4, -0.2) is 36.9 Å². The maximum Gasteiger partial charge on any atom is 0.318 e. The van der Waals surface area contributed by atoms with Crippen molar-refractivity contribution in [1.82, 2.24) is 4.31 Å². The molecule has 0 bridgehead atoms. The van der Waals surface area contributed by atoms with Crippen molar-refractivity contribution in [3.8, 4) is 0 Å². The van der Waals surface area contributed by atoms with Crippen LogP contribution in [0.15, 0.2) is 33.6 Å². The van der Waals surface area contributed by atoms with E-state index in [-0.39, 0.29) is 17.4 Å². The molecule has 0 aliphatic heterocycles. The van der Waals surface area contributed by atoms with Gasteiger partial charge in [-0.05, 0) is 30.2 Å². The fourth-order valence-electron chi connectivity index (χ4n) is 1.56. The lowest BCUT2D eigenvalue weighted by Gasteiger charge is -2.22. The third kappa shape index (κ3) is 4.59. The molecular formula is C12H16BrNO4S. The highest BCUT2D eigenvalue weighted by Gasteiger charge is 2.26. The van der Waals surface area contributed by atoms with Crippen LogP contribution in [0.5, 0.6) is 0 Å². The van der Waals surface area contributed by atoms with E-state index in [9.17, 15) is 13.2 Å². The fourth-order valence-corrected chi connectivity index (χ4v) is 3.38. The van der Waals surface area contributed by atoms with Crippen molar-refractivity contribution < 1.29 is 18.3 Å². The molecular weight excluding hydrogens is 334 g/mol. The molecule has 1 aromatic rings. The number of sulfonamides is 1. The zero-order chi connectivity index (χ0) is 14.6. The topological polar surface area (TPSA) is 74.7 Å². The first kappa shape index (κ1) is 16.1. The summed E-state index contributed by atoms with van der Waals surface area (Å²) in [5.41, 5.74) is 0. The Morgan fingerprint density at radius 2 is 1.84 bits per heavy atom. The summed E-state index contributed by atoms with van der Waals surface area (Å²) in [6.07, 6.45) is 0. The summed E-state index contributed by atoms with van der Waals surface area (Å²) in [5.74, 6) is -1.12. The number of benzene rings is 1. The number of halogens is 1. The monoisotopic (exact) mass is 349 g/mol. The van der Waals surface area contributed by atoms with E-state index in [4.69, 9.17) is 5.11 Å². The number of hydrogen-bond donors (Lipinski definition) is 1. The van der Waals surface area contributed by atoms with Crippen LogP contribution in [0.25, 0.3) is 0 Å². The Bertz CT molecular complexity index is 539. The van der Waals surface area contributed by atoms with Gasteiger partial charge in [0, 0.05) is 11.0 Å². The molecule has 0 aliphatic rings. The van der Waals surface area contributed by atoms with Crippen LogP contribution < -0.4 is 0 Å². The maximum absolute atomic E-state index is 12.4. The van der Waals surface area contributed by atoms with Gasteiger partial charge in [-0.2, -0.15) is 4.31 Å². The highest BCUT2D eigenvalue weighted by Crippen LogP contribution is 2.19. The van der Waals surface area contributed by atoms with Gasteiger partial charge in [-0.1, -0.05) is 29.8 Å². The maximum atomic E-state index is 12.4. The third-order valence-corrected chi connectivity index (χ3v) is 4.69. The van der Waals surface area contributed by atoms with Gasteiger partial charge in [0.2, 0.25) is 10.0 Å².